The molecular formula is C12H15ClN2O. The van der Waals surface area contributed by atoms with Crippen LogP contribution in [0.2, 0.25) is 5.15 Å². The first-order valence-corrected chi connectivity index (χ1v) is 6.20. The molecule has 0 aliphatic carbocycles. The minimum atomic E-state index is 0.300. The first-order chi connectivity index (χ1) is 7.81. The molecule has 1 aromatic rings. The second-order valence-electron chi connectivity index (χ2n) is 4.59. The van der Waals surface area contributed by atoms with Gasteiger partial charge in [-0.2, -0.15) is 0 Å². The molecule has 0 N–H and O–H groups in total. The Morgan fingerprint density at radius 2 is 2.12 bits per heavy atom. The molecule has 1 aromatic heterocycles. The number of pyridine rings is 1. The Balaban J connectivity index is 1.71. The molecule has 0 amide bonds. The maximum atomic E-state index is 5.93. The summed E-state index contributed by atoms with van der Waals surface area (Å²) in [6, 6.07) is 5.53. The average Bonchev–Trinajstić information content (AvgIpc) is 2.30. The lowest BCUT2D eigenvalue weighted by Gasteiger charge is -2.44. The van der Waals surface area contributed by atoms with Crippen LogP contribution in [0.5, 0.6) is 5.88 Å². The standard InChI is InChI=1S/C12H15ClN2O/c13-11-2-1-3-12(14-11)16-10-8-15-6-4-9(10)5-7-15/h1-3,9-10H,4-8H2. The van der Waals surface area contributed by atoms with E-state index in [0.29, 0.717) is 23.1 Å². The summed E-state index contributed by atoms with van der Waals surface area (Å²) in [5, 5.41) is 0.499. The van der Waals surface area contributed by atoms with Crippen LogP contribution in [0, 0.1) is 5.92 Å². The average molecular weight is 239 g/mol. The van der Waals surface area contributed by atoms with Crippen LogP contribution >= 0.6 is 11.6 Å². The third kappa shape index (κ3) is 2.02. The number of halogens is 1. The Morgan fingerprint density at radius 1 is 1.31 bits per heavy atom. The summed E-state index contributed by atoms with van der Waals surface area (Å²) in [5.74, 6) is 1.36. The first kappa shape index (κ1) is 10.4. The first-order valence-electron chi connectivity index (χ1n) is 5.83. The molecule has 16 heavy (non-hydrogen) atoms. The molecule has 3 fully saturated rings. The SMILES string of the molecule is Clc1cccc(OC2CN3CCC2CC3)n1. The van der Waals surface area contributed by atoms with Gasteiger partial charge in [-0.1, -0.05) is 17.7 Å². The van der Waals surface area contributed by atoms with Crippen molar-refractivity contribution in [2.75, 3.05) is 19.6 Å². The largest absolute Gasteiger partial charge is 0.473 e. The van der Waals surface area contributed by atoms with Crippen LogP contribution in [0.3, 0.4) is 0 Å². The molecule has 1 atom stereocenters. The van der Waals surface area contributed by atoms with Crippen molar-refractivity contribution in [1.82, 2.24) is 9.88 Å². The Morgan fingerprint density at radius 3 is 2.75 bits per heavy atom. The van der Waals surface area contributed by atoms with Gasteiger partial charge in [0.15, 0.2) is 0 Å². The molecular weight excluding hydrogens is 224 g/mol. The van der Waals surface area contributed by atoms with E-state index < -0.39 is 0 Å². The van der Waals surface area contributed by atoms with Crippen LogP contribution in [-0.2, 0) is 0 Å². The molecule has 3 nitrogen and oxygen atoms in total. The summed E-state index contributed by atoms with van der Waals surface area (Å²) in [7, 11) is 0. The van der Waals surface area contributed by atoms with Crippen molar-refractivity contribution in [3.05, 3.63) is 23.4 Å². The number of hydrogen-bond donors (Lipinski definition) is 0. The minimum Gasteiger partial charge on any atom is -0.473 e. The summed E-state index contributed by atoms with van der Waals surface area (Å²) in [6.07, 6.45) is 2.81. The Labute approximate surface area is 100 Å². The van der Waals surface area contributed by atoms with E-state index in [-0.39, 0.29) is 0 Å². The number of fused-ring (bicyclic) bond motifs is 3. The third-order valence-electron chi connectivity index (χ3n) is 3.56. The lowest BCUT2D eigenvalue weighted by Crippen LogP contribution is -2.52. The number of piperidine rings is 3. The van der Waals surface area contributed by atoms with Crippen LogP contribution in [0.25, 0.3) is 0 Å². The third-order valence-corrected chi connectivity index (χ3v) is 3.77. The smallest absolute Gasteiger partial charge is 0.214 e. The van der Waals surface area contributed by atoms with Gasteiger partial charge in [-0.25, -0.2) is 4.98 Å². The zero-order valence-corrected chi connectivity index (χ0v) is 9.86. The number of nitrogens with zero attached hydrogens (tertiary/aromatic N) is 2. The predicted molar refractivity (Wildman–Crippen MR) is 62.8 cm³/mol. The number of hydrogen-bond acceptors (Lipinski definition) is 3. The van der Waals surface area contributed by atoms with Gasteiger partial charge in [0, 0.05) is 12.6 Å². The van der Waals surface area contributed by atoms with Crippen molar-refractivity contribution in [1.29, 1.82) is 0 Å². The Hall–Kier alpha value is -0.800. The highest BCUT2D eigenvalue weighted by molar-refractivity contribution is 6.29. The molecule has 0 saturated carbocycles. The van der Waals surface area contributed by atoms with E-state index in [9.17, 15) is 0 Å². The maximum absolute atomic E-state index is 5.93. The number of ether oxygens (including phenoxy) is 1. The van der Waals surface area contributed by atoms with Crippen LogP contribution in [0.4, 0.5) is 0 Å². The van der Waals surface area contributed by atoms with Gasteiger partial charge in [0.05, 0.1) is 0 Å². The van der Waals surface area contributed by atoms with E-state index in [1.807, 2.05) is 12.1 Å². The normalized spacial score (nSPS) is 32.7. The van der Waals surface area contributed by atoms with Crippen molar-refractivity contribution in [3.8, 4) is 5.88 Å². The van der Waals surface area contributed by atoms with E-state index in [0.717, 1.165) is 6.54 Å². The van der Waals surface area contributed by atoms with Gasteiger partial charge in [0.25, 0.3) is 0 Å². The molecule has 4 heteroatoms. The van der Waals surface area contributed by atoms with Crippen LogP contribution in [0.1, 0.15) is 12.8 Å². The summed E-state index contributed by atoms with van der Waals surface area (Å²) < 4.78 is 5.93. The summed E-state index contributed by atoms with van der Waals surface area (Å²) >= 11 is 5.84. The molecule has 4 rings (SSSR count). The molecule has 0 aromatic carbocycles. The maximum Gasteiger partial charge on any atom is 0.214 e. The van der Waals surface area contributed by atoms with E-state index in [1.54, 1.807) is 6.07 Å². The molecule has 3 saturated heterocycles. The van der Waals surface area contributed by atoms with Gasteiger partial charge < -0.3 is 4.74 Å². The van der Waals surface area contributed by atoms with Gasteiger partial charge in [0.1, 0.15) is 11.3 Å². The summed E-state index contributed by atoms with van der Waals surface area (Å²) in [4.78, 5) is 6.64. The van der Waals surface area contributed by atoms with E-state index >= 15 is 0 Å². The van der Waals surface area contributed by atoms with Gasteiger partial charge >= 0.3 is 0 Å². The fourth-order valence-corrected chi connectivity index (χ4v) is 2.81. The highest BCUT2D eigenvalue weighted by Gasteiger charge is 2.35. The predicted octanol–water partition coefficient (Wildman–Crippen LogP) is 2.21. The Kier molecular flexibility index (Phi) is 2.74. The fraction of sp³-hybridized carbons (Fsp3) is 0.583. The minimum absolute atomic E-state index is 0.300. The Bertz CT molecular complexity index is 377. The second kappa shape index (κ2) is 4.22. The van der Waals surface area contributed by atoms with Crippen LogP contribution < -0.4 is 4.74 Å². The van der Waals surface area contributed by atoms with Gasteiger partial charge in [-0.15, -0.1) is 0 Å². The number of aromatic nitrogens is 1. The highest BCUT2D eigenvalue weighted by atomic mass is 35.5. The van der Waals surface area contributed by atoms with Crippen molar-refractivity contribution in [3.63, 3.8) is 0 Å². The van der Waals surface area contributed by atoms with E-state index in [2.05, 4.69) is 9.88 Å². The molecule has 3 aliphatic rings. The van der Waals surface area contributed by atoms with E-state index in [1.165, 1.54) is 25.9 Å². The highest BCUT2D eigenvalue weighted by Crippen LogP contribution is 2.30. The quantitative estimate of drug-likeness (QED) is 0.739. The lowest BCUT2D eigenvalue weighted by atomic mass is 9.86. The topological polar surface area (TPSA) is 25.4 Å². The van der Waals surface area contributed by atoms with Crippen molar-refractivity contribution in [2.24, 2.45) is 5.92 Å². The molecule has 4 heterocycles. The monoisotopic (exact) mass is 238 g/mol. The van der Waals surface area contributed by atoms with Crippen molar-refractivity contribution < 1.29 is 4.74 Å². The fourth-order valence-electron chi connectivity index (χ4n) is 2.65. The molecule has 3 aliphatic heterocycles. The van der Waals surface area contributed by atoms with Gasteiger partial charge in [0.2, 0.25) is 5.88 Å². The zero-order chi connectivity index (χ0) is 11.0. The van der Waals surface area contributed by atoms with E-state index in [4.69, 9.17) is 16.3 Å². The van der Waals surface area contributed by atoms with Gasteiger partial charge in [-0.3, -0.25) is 4.90 Å². The van der Waals surface area contributed by atoms with Crippen LogP contribution in [-0.4, -0.2) is 35.6 Å². The second-order valence-corrected chi connectivity index (χ2v) is 4.98. The van der Waals surface area contributed by atoms with Crippen molar-refractivity contribution in [2.45, 2.75) is 18.9 Å². The lowest BCUT2D eigenvalue weighted by molar-refractivity contribution is -0.00991. The summed E-state index contributed by atoms with van der Waals surface area (Å²) in [5.41, 5.74) is 0. The van der Waals surface area contributed by atoms with Gasteiger partial charge in [-0.05, 0) is 37.9 Å². The molecule has 2 bridgehead atoms. The zero-order valence-electron chi connectivity index (χ0n) is 9.10. The molecule has 0 radical (unpaired) electrons. The number of rotatable bonds is 2. The molecule has 1 unspecified atom stereocenters. The van der Waals surface area contributed by atoms with Crippen LogP contribution in [0.15, 0.2) is 18.2 Å². The summed E-state index contributed by atoms with van der Waals surface area (Å²) in [6.45, 7) is 3.50. The molecule has 86 valence electrons. The molecule has 0 spiro atoms. The van der Waals surface area contributed by atoms with Crippen molar-refractivity contribution >= 4 is 11.6 Å².